The fourth-order valence-electron chi connectivity index (χ4n) is 3.07. The Kier molecular flexibility index (Phi) is 3.94. The van der Waals surface area contributed by atoms with Gasteiger partial charge < -0.3 is 14.6 Å². The summed E-state index contributed by atoms with van der Waals surface area (Å²) in [4.78, 5) is 2.42. The van der Waals surface area contributed by atoms with Crippen LogP contribution in [0, 0.1) is 11.8 Å². The van der Waals surface area contributed by atoms with E-state index in [1.807, 2.05) is 0 Å². The molecule has 0 radical (unpaired) electrons. The van der Waals surface area contributed by atoms with E-state index in [0.29, 0.717) is 5.92 Å². The summed E-state index contributed by atoms with van der Waals surface area (Å²) < 4.78 is 5.91. The molecule has 1 aliphatic heterocycles. The van der Waals surface area contributed by atoms with Crippen molar-refractivity contribution in [2.75, 3.05) is 26.7 Å². The van der Waals surface area contributed by atoms with Gasteiger partial charge in [0.2, 0.25) is 0 Å². The highest BCUT2D eigenvalue weighted by Gasteiger charge is 2.36. The molecule has 2 heterocycles. The van der Waals surface area contributed by atoms with E-state index in [-0.39, 0.29) is 0 Å². The van der Waals surface area contributed by atoms with Gasteiger partial charge in [-0.15, -0.1) is 0 Å². The van der Waals surface area contributed by atoms with Gasteiger partial charge in [-0.2, -0.15) is 0 Å². The van der Waals surface area contributed by atoms with Crippen LogP contribution in [0.1, 0.15) is 43.6 Å². The maximum absolute atomic E-state index is 5.91. The molecule has 106 valence electrons. The summed E-state index contributed by atoms with van der Waals surface area (Å²) in [6, 6.07) is 4.31. The van der Waals surface area contributed by atoms with Crippen LogP contribution in [0.4, 0.5) is 0 Å². The van der Waals surface area contributed by atoms with Crippen LogP contribution in [0.2, 0.25) is 0 Å². The topological polar surface area (TPSA) is 28.4 Å². The largest absolute Gasteiger partial charge is 0.464 e. The minimum atomic E-state index is 0.697. The monoisotopic (exact) mass is 262 g/mol. The van der Waals surface area contributed by atoms with E-state index in [1.54, 1.807) is 0 Å². The molecule has 1 aromatic heterocycles. The molecule has 2 unspecified atom stereocenters. The molecule has 19 heavy (non-hydrogen) atoms. The third kappa shape index (κ3) is 3.40. The van der Waals surface area contributed by atoms with Gasteiger partial charge in [0, 0.05) is 5.92 Å². The predicted molar refractivity (Wildman–Crippen MR) is 77.2 cm³/mol. The van der Waals surface area contributed by atoms with E-state index in [9.17, 15) is 0 Å². The first-order chi connectivity index (χ1) is 9.22. The minimum absolute atomic E-state index is 0.697. The molecule has 0 bridgehead atoms. The number of likely N-dealkylation sites (tertiary alicyclic amines) is 1. The van der Waals surface area contributed by atoms with Crippen LogP contribution in [0.3, 0.4) is 0 Å². The molecule has 1 aromatic rings. The van der Waals surface area contributed by atoms with Crippen LogP contribution >= 0.6 is 0 Å². The number of hydrogen-bond acceptors (Lipinski definition) is 3. The number of rotatable bonds is 5. The van der Waals surface area contributed by atoms with Crippen molar-refractivity contribution in [1.82, 2.24) is 10.2 Å². The first kappa shape index (κ1) is 13.2. The average molecular weight is 262 g/mol. The molecule has 2 aliphatic rings. The summed E-state index contributed by atoms with van der Waals surface area (Å²) in [5.41, 5.74) is 0. The van der Waals surface area contributed by atoms with Crippen LogP contribution in [0.5, 0.6) is 0 Å². The summed E-state index contributed by atoms with van der Waals surface area (Å²) in [5.74, 6) is 4.66. The zero-order valence-electron chi connectivity index (χ0n) is 12.2. The smallest absolute Gasteiger partial charge is 0.117 e. The molecular weight excluding hydrogens is 236 g/mol. The lowest BCUT2D eigenvalue weighted by Gasteiger charge is -2.28. The van der Waals surface area contributed by atoms with E-state index in [1.165, 1.54) is 38.1 Å². The van der Waals surface area contributed by atoms with Gasteiger partial charge in [0.1, 0.15) is 11.5 Å². The van der Waals surface area contributed by atoms with E-state index in [2.05, 4.69) is 36.3 Å². The van der Waals surface area contributed by atoms with Crippen molar-refractivity contribution in [3.8, 4) is 0 Å². The normalized spacial score (nSPS) is 28.7. The van der Waals surface area contributed by atoms with Crippen molar-refractivity contribution in [2.45, 2.75) is 38.6 Å². The van der Waals surface area contributed by atoms with Crippen molar-refractivity contribution in [1.29, 1.82) is 0 Å². The zero-order valence-corrected chi connectivity index (χ0v) is 12.2. The summed E-state index contributed by atoms with van der Waals surface area (Å²) in [6.45, 7) is 6.80. The predicted octanol–water partition coefficient (Wildman–Crippen LogP) is 2.83. The Balaban J connectivity index is 1.39. The van der Waals surface area contributed by atoms with E-state index < -0.39 is 0 Å². The summed E-state index contributed by atoms with van der Waals surface area (Å²) >= 11 is 0. The second kappa shape index (κ2) is 5.68. The van der Waals surface area contributed by atoms with Crippen molar-refractivity contribution in [2.24, 2.45) is 11.8 Å². The lowest BCUT2D eigenvalue weighted by molar-refractivity contribution is 0.215. The first-order valence-corrected chi connectivity index (χ1v) is 7.70. The van der Waals surface area contributed by atoms with Gasteiger partial charge in [0.05, 0.1) is 6.54 Å². The highest BCUT2D eigenvalue weighted by atomic mass is 16.3. The van der Waals surface area contributed by atoms with Crippen molar-refractivity contribution in [3.05, 3.63) is 23.7 Å². The number of nitrogens with one attached hydrogen (secondary N) is 1. The summed E-state index contributed by atoms with van der Waals surface area (Å²) in [6.07, 6.45) is 3.95. The van der Waals surface area contributed by atoms with Gasteiger partial charge >= 0.3 is 0 Å². The van der Waals surface area contributed by atoms with Gasteiger partial charge in [0.15, 0.2) is 0 Å². The second-order valence-corrected chi connectivity index (χ2v) is 6.50. The molecule has 1 aliphatic carbocycles. The Labute approximate surface area is 116 Å². The van der Waals surface area contributed by atoms with Crippen LogP contribution in [-0.4, -0.2) is 31.6 Å². The van der Waals surface area contributed by atoms with Gasteiger partial charge in [-0.25, -0.2) is 0 Å². The van der Waals surface area contributed by atoms with Crippen LogP contribution in [0.25, 0.3) is 0 Å². The molecule has 2 fully saturated rings. The maximum atomic E-state index is 5.91. The molecule has 1 saturated carbocycles. The Bertz CT molecular complexity index is 407. The van der Waals surface area contributed by atoms with Crippen molar-refractivity contribution < 1.29 is 4.42 Å². The molecule has 3 rings (SSSR count). The molecule has 1 saturated heterocycles. The van der Waals surface area contributed by atoms with Crippen molar-refractivity contribution >= 4 is 0 Å². The summed E-state index contributed by atoms with van der Waals surface area (Å²) in [5, 5.41) is 3.56. The Morgan fingerprint density at radius 3 is 2.74 bits per heavy atom. The molecule has 0 aromatic carbocycles. The molecule has 0 amide bonds. The molecule has 2 atom stereocenters. The Morgan fingerprint density at radius 1 is 1.32 bits per heavy atom. The zero-order chi connectivity index (χ0) is 13.2. The van der Waals surface area contributed by atoms with Crippen molar-refractivity contribution in [3.63, 3.8) is 0 Å². The lowest BCUT2D eigenvalue weighted by atomic mass is 9.97. The first-order valence-electron chi connectivity index (χ1n) is 7.70. The van der Waals surface area contributed by atoms with E-state index >= 15 is 0 Å². The van der Waals surface area contributed by atoms with Crippen LogP contribution in [0.15, 0.2) is 16.5 Å². The molecule has 3 nitrogen and oxygen atoms in total. The highest BCUT2D eigenvalue weighted by Crippen LogP contribution is 2.47. The Morgan fingerprint density at radius 2 is 2.05 bits per heavy atom. The summed E-state index contributed by atoms with van der Waals surface area (Å²) in [7, 11) is 2.22. The molecule has 1 N–H and O–H groups in total. The standard InChI is InChI=1S/C16H26N2O/c1-12-9-15(12)16-4-3-14(19-16)11-17-10-13-5-7-18(2)8-6-13/h3-4,12-13,15,17H,5-11H2,1-2H3. The third-order valence-corrected chi connectivity index (χ3v) is 4.73. The third-order valence-electron chi connectivity index (χ3n) is 4.73. The minimum Gasteiger partial charge on any atom is -0.464 e. The number of hydrogen-bond donors (Lipinski definition) is 1. The van der Waals surface area contributed by atoms with Gasteiger partial charge in [-0.1, -0.05) is 6.92 Å². The van der Waals surface area contributed by atoms with Gasteiger partial charge in [0.25, 0.3) is 0 Å². The van der Waals surface area contributed by atoms with E-state index in [0.717, 1.165) is 30.7 Å². The van der Waals surface area contributed by atoms with Gasteiger partial charge in [-0.05, 0) is 69.9 Å². The lowest BCUT2D eigenvalue weighted by Crippen LogP contribution is -2.34. The number of piperidine rings is 1. The quantitative estimate of drug-likeness (QED) is 0.884. The average Bonchev–Trinajstić information content (AvgIpc) is 2.96. The number of nitrogens with zero attached hydrogens (tertiary/aromatic N) is 1. The number of furan rings is 1. The highest BCUT2D eigenvalue weighted by molar-refractivity contribution is 5.17. The van der Waals surface area contributed by atoms with Crippen LogP contribution < -0.4 is 5.32 Å². The SMILES string of the molecule is CC1CC1c1ccc(CNCC2CCN(C)CC2)o1. The molecular formula is C16H26N2O. The maximum Gasteiger partial charge on any atom is 0.117 e. The Hall–Kier alpha value is -0.800. The van der Waals surface area contributed by atoms with Crippen LogP contribution in [-0.2, 0) is 6.54 Å². The van der Waals surface area contributed by atoms with E-state index in [4.69, 9.17) is 4.42 Å². The van der Waals surface area contributed by atoms with Gasteiger partial charge in [-0.3, -0.25) is 0 Å². The second-order valence-electron chi connectivity index (χ2n) is 6.50. The molecule has 0 spiro atoms. The molecule has 3 heteroatoms. The fraction of sp³-hybridized carbons (Fsp3) is 0.750. The fourth-order valence-corrected chi connectivity index (χ4v) is 3.07.